The van der Waals surface area contributed by atoms with Gasteiger partial charge in [-0.25, -0.2) is 0 Å². The number of carbonyl (C=O) groups excluding carboxylic acids is 2. The maximum Gasteiger partial charge on any atom is 0.310 e. The number of aryl methyl sites for hydroxylation is 1. The Morgan fingerprint density at radius 1 is 1.43 bits per heavy atom. The zero-order chi connectivity index (χ0) is 16.7. The average molecular weight is 336 g/mol. The Morgan fingerprint density at radius 2 is 2.26 bits per heavy atom. The zero-order valence-corrected chi connectivity index (χ0v) is 14.5. The van der Waals surface area contributed by atoms with Crippen LogP contribution in [-0.2, 0) is 20.9 Å². The normalized spacial score (nSPS) is 19.0. The van der Waals surface area contributed by atoms with E-state index in [2.05, 4.69) is 11.4 Å². The molecule has 0 saturated carbocycles. The van der Waals surface area contributed by atoms with Crippen molar-refractivity contribution in [3.05, 3.63) is 35.4 Å². The molecule has 23 heavy (non-hydrogen) atoms. The summed E-state index contributed by atoms with van der Waals surface area (Å²) in [6.45, 7) is 4.28. The van der Waals surface area contributed by atoms with Crippen molar-refractivity contribution in [3.63, 3.8) is 0 Å². The zero-order valence-electron chi connectivity index (χ0n) is 13.7. The summed E-state index contributed by atoms with van der Waals surface area (Å²) in [6, 6.07) is 8.09. The highest BCUT2D eigenvalue weighted by molar-refractivity contribution is 7.99. The number of nitrogens with zero attached hydrogens (tertiary/aromatic N) is 1. The monoisotopic (exact) mass is 336 g/mol. The van der Waals surface area contributed by atoms with E-state index in [-0.39, 0.29) is 17.8 Å². The van der Waals surface area contributed by atoms with Crippen LogP contribution < -0.4 is 5.32 Å². The van der Waals surface area contributed by atoms with Crippen LogP contribution in [0, 0.1) is 12.8 Å². The maximum absolute atomic E-state index is 12.2. The van der Waals surface area contributed by atoms with Gasteiger partial charge >= 0.3 is 5.97 Å². The van der Waals surface area contributed by atoms with Crippen LogP contribution in [0.2, 0.25) is 0 Å². The van der Waals surface area contributed by atoms with Crippen LogP contribution >= 0.6 is 11.8 Å². The standard InChI is InChI=1S/C17H24N2O3S/c1-13-4-3-5-14(8-13)9-18-16(20)11-19-6-7-23-12-15(10-19)17(21)22-2/h3-5,8,15H,6-7,9-12H2,1-2H3,(H,18,20)/t15-/m0/s1. The summed E-state index contributed by atoms with van der Waals surface area (Å²) in [5.41, 5.74) is 2.28. The van der Waals surface area contributed by atoms with Crippen LogP contribution in [0.4, 0.5) is 0 Å². The quantitative estimate of drug-likeness (QED) is 0.825. The summed E-state index contributed by atoms with van der Waals surface area (Å²) in [6.07, 6.45) is 0. The van der Waals surface area contributed by atoms with Crippen molar-refractivity contribution < 1.29 is 14.3 Å². The van der Waals surface area contributed by atoms with Crippen molar-refractivity contribution in [1.29, 1.82) is 0 Å². The third kappa shape index (κ3) is 5.88. The fraction of sp³-hybridized carbons (Fsp3) is 0.529. The summed E-state index contributed by atoms with van der Waals surface area (Å²) in [4.78, 5) is 25.9. The lowest BCUT2D eigenvalue weighted by molar-refractivity contribution is -0.145. The van der Waals surface area contributed by atoms with Crippen molar-refractivity contribution in [2.75, 3.05) is 38.2 Å². The molecule has 1 saturated heterocycles. The van der Waals surface area contributed by atoms with E-state index in [0.717, 1.165) is 23.6 Å². The highest BCUT2D eigenvalue weighted by atomic mass is 32.2. The molecule has 1 amide bonds. The van der Waals surface area contributed by atoms with Crippen LogP contribution in [0.1, 0.15) is 11.1 Å². The molecule has 5 nitrogen and oxygen atoms in total. The van der Waals surface area contributed by atoms with E-state index in [1.54, 1.807) is 11.8 Å². The Morgan fingerprint density at radius 3 is 3.00 bits per heavy atom. The van der Waals surface area contributed by atoms with E-state index in [4.69, 9.17) is 4.74 Å². The first kappa shape index (κ1) is 17.8. The fourth-order valence-electron chi connectivity index (χ4n) is 2.61. The first-order valence-corrected chi connectivity index (χ1v) is 8.94. The molecule has 2 rings (SSSR count). The highest BCUT2D eigenvalue weighted by Gasteiger charge is 2.26. The van der Waals surface area contributed by atoms with Gasteiger partial charge < -0.3 is 10.1 Å². The van der Waals surface area contributed by atoms with Gasteiger partial charge in [0.15, 0.2) is 0 Å². The number of carbonyl (C=O) groups is 2. The second-order valence-electron chi connectivity index (χ2n) is 5.80. The molecule has 1 aromatic carbocycles. The molecule has 0 unspecified atom stereocenters. The first-order chi connectivity index (χ1) is 11.1. The van der Waals surface area contributed by atoms with E-state index < -0.39 is 0 Å². The molecular weight excluding hydrogens is 312 g/mol. The molecule has 0 aromatic heterocycles. The number of benzene rings is 1. The van der Waals surface area contributed by atoms with E-state index >= 15 is 0 Å². The van der Waals surface area contributed by atoms with Gasteiger partial charge in [0.25, 0.3) is 0 Å². The van der Waals surface area contributed by atoms with Gasteiger partial charge in [-0.15, -0.1) is 0 Å². The Bertz CT molecular complexity index is 550. The van der Waals surface area contributed by atoms with Crippen LogP contribution in [-0.4, -0.2) is 55.0 Å². The lowest BCUT2D eigenvalue weighted by Gasteiger charge is -2.22. The number of nitrogens with one attached hydrogen (secondary N) is 1. The van der Waals surface area contributed by atoms with E-state index in [0.29, 0.717) is 19.6 Å². The molecule has 6 heteroatoms. The molecule has 126 valence electrons. The summed E-state index contributed by atoms with van der Waals surface area (Å²) in [5, 5.41) is 2.95. The van der Waals surface area contributed by atoms with E-state index in [1.807, 2.05) is 30.0 Å². The molecule has 0 aliphatic carbocycles. The Labute approximate surface area is 141 Å². The first-order valence-electron chi connectivity index (χ1n) is 7.78. The minimum atomic E-state index is -0.190. The largest absolute Gasteiger partial charge is 0.469 e. The maximum atomic E-state index is 12.2. The van der Waals surface area contributed by atoms with Crippen molar-refractivity contribution in [2.24, 2.45) is 5.92 Å². The van der Waals surface area contributed by atoms with Crippen molar-refractivity contribution in [1.82, 2.24) is 10.2 Å². The summed E-state index contributed by atoms with van der Waals surface area (Å²) in [5.74, 6) is 1.33. The molecule has 1 aliphatic rings. The SMILES string of the molecule is COC(=O)[C@@H]1CSCCN(CC(=O)NCc2cccc(C)c2)C1. The molecule has 1 heterocycles. The molecule has 0 radical (unpaired) electrons. The van der Waals surface area contributed by atoms with Gasteiger partial charge in [-0.2, -0.15) is 11.8 Å². The number of amides is 1. The molecule has 0 spiro atoms. The van der Waals surface area contributed by atoms with Crippen LogP contribution in [0.25, 0.3) is 0 Å². The fourth-order valence-corrected chi connectivity index (χ4v) is 3.69. The van der Waals surface area contributed by atoms with Gasteiger partial charge in [-0.1, -0.05) is 29.8 Å². The summed E-state index contributed by atoms with van der Waals surface area (Å²) < 4.78 is 4.84. The molecule has 1 N–H and O–H groups in total. The van der Waals surface area contributed by atoms with Crippen molar-refractivity contribution >= 4 is 23.6 Å². The number of ether oxygens (including phenoxy) is 1. The van der Waals surface area contributed by atoms with Crippen molar-refractivity contribution in [3.8, 4) is 0 Å². The predicted molar refractivity (Wildman–Crippen MR) is 92.3 cm³/mol. The number of rotatable bonds is 5. The number of hydrogen-bond acceptors (Lipinski definition) is 5. The molecule has 1 atom stereocenters. The predicted octanol–water partition coefficient (Wildman–Crippen LogP) is 1.45. The van der Waals surface area contributed by atoms with Gasteiger partial charge in [0.2, 0.25) is 5.91 Å². The average Bonchev–Trinajstić information content (AvgIpc) is 2.78. The van der Waals surface area contributed by atoms with Gasteiger partial charge in [0.1, 0.15) is 0 Å². The lowest BCUT2D eigenvalue weighted by atomic mass is 10.1. The minimum Gasteiger partial charge on any atom is -0.469 e. The smallest absolute Gasteiger partial charge is 0.310 e. The molecule has 1 fully saturated rings. The number of thioether (sulfide) groups is 1. The van der Waals surface area contributed by atoms with Gasteiger partial charge in [-0.3, -0.25) is 14.5 Å². The number of methoxy groups -OCH3 is 1. The second kappa shape index (κ2) is 8.93. The Hall–Kier alpha value is -1.53. The van der Waals surface area contributed by atoms with Crippen LogP contribution in [0.5, 0.6) is 0 Å². The lowest BCUT2D eigenvalue weighted by Crippen LogP contribution is -2.41. The van der Waals surface area contributed by atoms with Crippen LogP contribution in [0.15, 0.2) is 24.3 Å². The molecular formula is C17H24N2O3S. The minimum absolute atomic E-state index is 0.0120. The molecule has 1 aromatic rings. The Balaban J connectivity index is 1.82. The summed E-state index contributed by atoms with van der Waals surface area (Å²) >= 11 is 1.74. The Kier molecular flexibility index (Phi) is 6.92. The van der Waals surface area contributed by atoms with Gasteiger partial charge in [0, 0.05) is 31.1 Å². The number of hydrogen-bond donors (Lipinski definition) is 1. The highest BCUT2D eigenvalue weighted by Crippen LogP contribution is 2.16. The van der Waals surface area contributed by atoms with Crippen molar-refractivity contribution in [2.45, 2.75) is 13.5 Å². The third-order valence-corrected chi connectivity index (χ3v) is 4.93. The third-order valence-electron chi connectivity index (χ3n) is 3.82. The van der Waals surface area contributed by atoms with E-state index in [1.165, 1.54) is 12.7 Å². The second-order valence-corrected chi connectivity index (χ2v) is 6.95. The summed E-state index contributed by atoms with van der Waals surface area (Å²) in [7, 11) is 1.41. The van der Waals surface area contributed by atoms with Gasteiger partial charge in [0.05, 0.1) is 19.6 Å². The number of esters is 1. The van der Waals surface area contributed by atoms with Gasteiger partial charge in [-0.05, 0) is 12.5 Å². The van der Waals surface area contributed by atoms with Crippen LogP contribution in [0.3, 0.4) is 0 Å². The molecule has 1 aliphatic heterocycles. The topological polar surface area (TPSA) is 58.6 Å². The van der Waals surface area contributed by atoms with E-state index in [9.17, 15) is 9.59 Å². The molecule has 0 bridgehead atoms.